The maximum Gasteiger partial charge on any atom is 0.186 e. The Bertz CT molecular complexity index is 514. The van der Waals surface area contributed by atoms with Crippen molar-refractivity contribution in [1.82, 2.24) is 14.6 Å². The third kappa shape index (κ3) is 0.729. The summed E-state index contributed by atoms with van der Waals surface area (Å²) in [6.45, 7) is 1.96. The van der Waals surface area contributed by atoms with Crippen molar-refractivity contribution in [3.63, 3.8) is 0 Å². The van der Waals surface area contributed by atoms with Crippen molar-refractivity contribution < 1.29 is 4.74 Å². The van der Waals surface area contributed by atoms with Crippen molar-refractivity contribution in [1.29, 1.82) is 0 Å². The molecule has 13 heavy (non-hydrogen) atoms. The zero-order chi connectivity index (χ0) is 8.84. The summed E-state index contributed by atoms with van der Waals surface area (Å²) in [7, 11) is 0. The molecule has 64 valence electrons. The molecule has 5 nitrogen and oxygen atoms in total. The van der Waals surface area contributed by atoms with Crippen LogP contribution >= 0.6 is 0 Å². The second-order valence-electron chi connectivity index (χ2n) is 2.85. The predicted octanol–water partition coefficient (Wildman–Crippen LogP) is 1.09. The molecule has 0 atom stereocenters. The fourth-order valence-electron chi connectivity index (χ4n) is 1.46. The molecule has 1 aliphatic heterocycles. The monoisotopic (exact) mass is 174 g/mol. The van der Waals surface area contributed by atoms with E-state index in [4.69, 9.17) is 4.74 Å². The van der Waals surface area contributed by atoms with Gasteiger partial charge in [0.1, 0.15) is 6.33 Å². The number of aliphatic imine (C=N–C) groups is 1. The minimum absolute atomic E-state index is 0.657. The Hall–Kier alpha value is -1.91. The van der Waals surface area contributed by atoms with E-state index >= 15 is 0 Å². The molecule has 3 rings (SSSR count). The molecule has 0 N–H and O–H groups in total. The van der Waals surface area contributed by atoms with Crippen LogP contribution in [0.2, 0.25) is 0 Å². The van der Waals surface area contributed by atoms with Crippen LogP contribution in [0, 0.1) is 6.92 Å². The van der Waals surface area contributed by atoms with Crippen LogP contribution in [-0.4, -0.2) is 21.0 Å². The fourth-order valence-corrected chi connectivity index (χ4v) is 1.46. The highest BCUT2D eigenvalue weighted by Gasteiger charge is 2.15. The molecule has 0 saturated heterocycles. The van der Waals surface area contributed by atoms with E-state index in [-0.39, 0.29) is 0 Å². The number of nitrogens with zero attached hydrogens (tertiary/aromatic N) is 4. The van der Waals surface area contributed by atoms with E-state index in [0.29, 0.717) is 5.82 Å². The van der Waals surface area contributed by atoms with Crippen LogP contribution in [0.1, 0.15) is 5.69 Å². The minimum atomic E-state index is 0.657. The van der Waals surface area contributed by atoms with Crippen molar-refractivity contribution >= 4 is 17.7 Å². The zero-order valence-corrected chi connectivity index (χ0v) is 6.93. The van der Waals surface area contributed by atoms with Gasteiger partial charge in [0.15, 0.2) is 23.5 Å². The van der Waals surface area contributed by atoms with Crippen molar-refractivity contribution in [2.45, 2.75) is 6.92 Å². The second kappa shape index (κ2) is 2.07. The van der Waals surface area contributed by atoms with Crippen molar-refractivity contribution in [2.75, 3.05) is 0 Å². The molecule has 2 aromatic rings. The van der Waals surface area contributed by atoms with E-state index < -0.39 is 0 Å². The lowest BCUT2D eigenvalue weighted by molar-refractivity contribution is 0.575. The standard InChI is InChI=1S/C8H6N4O/c1-5-2-6-7-8(10-4-13-6)9-3-11-12(5)7/h2-4H,1H3. The summed E-state index contributed by atoms with van der Waals surface area (Å²) in [5.74, 6) is 1.42. The highest BCUT2D eigenvalue weighted by Crippen LogP contribution is 2.31. The molecular weight excluding hydrogens is 168 g/mol. The van der Waals surface area contributed by atoms with Crippen molar-refractivity contribution in [3.05, 3.63) is 18.1 Å². The van der Waals surface area contributed by atoms with Gasteiger partial charge in [0.05, 0.1) is 0 Å². The Morgan fingerprint density at radius 1 is 1.46 bits per heavy atom. The van der Waals surface area contributed by atoms with Crippen LogP contribution < -0.4 is 4.74 Å². The average Bonchev–Trinajstić information content (AvgIpc) is 2.47. The van der Waals surface area contributed by atoms with E-state index in [9.17, 15) is 0 Å². The average molecular weight is 174 g/mol. The number of aryl methyl sites for hydroxylation is 1. The lowest BCUT2D eigenvalue weighted by Gasteiger charge is -2.04. The first kappa shape index (κ1) is 6.59. The maximum atomic E-state index is 5.22. The Morgan fingerprint density at radius 2 is 2.38 bits per heavy atom. The maximum absolute atomic E-state index is 5.22. The summed E-state index contributed by atoms with van der Waals surface area (Å²) in [4.78, 5) is 8.05. The van der Waals surface area contributed by atoms with Gasteiger partial charge in [-0.25, -0.2) is 9.50 Å². The van der Waals surface area contributed by atoms with E-state index in [1.807, 2.05) is 13.0 Å². The van der Waals surface area contributed by atoms with Gasteiger partial charge in [0.25, 0.3) is 0 Å². The van der Waals surface area contributed by atoms with Gasteiger partial charge in [-0.05, 0) is 6.92 Å². The van der Waals surface area contributed by atoms with Gasteiger partial charge in [-0.1, -0.05) is 0 Å². The molecule has 0 radical (unpaired) electrons. The predicted molar refractivity (Wildman–Crippen MR) is 46.5 cm³/mol. The number of rotatable bonds is 0. The second-order valence-corrected chi connectivity index (χ2v) is 2.85. The molecule has 0 aliphatic carbocycles. The quantitative estimate of drug-likeness (QED) is 0.600. The van der Waals surface area contributed by atoms with E-state index in [1.165, 1.54) is 12.7 Å². The van der Waals surface area contributed by atoms with Crippen molar-refractivity contribution in [3.8, 4) is 5.75 Å². The largest absolute Gasteiger partial charge is 0.443 e. The zero-order valence-electron chi connectivity index (χ0n) is 6.93. The summed E-state index contributed by atoms with van der Waals surface area (Å²) in [5, 5.41) is 4.10. The molecule has 0 fully saturated rings. The van der Waals surface area contributed by atoms with Crippen LogP contribution in [0.25, 0.3) is 5.52 Å². The van der Waals surface area contributed by atoms with E-state index in [2.05, 4.69) is 15.1 Å². The first-order chi connectivity index (χ1) is 6.36. The van der Waals surface area contributed by atoms with Crippen LogP contribution in [0.4, 0.5) is 5.82 Å². The van der Waals surface area contributed by atoms with Gasteiger partial charge in [-0.3, -0.25) is 0 Å². The van der Waals surface area contributed by atoms with Crippen LogP contribution in [0.15, 0.2) is 17.4 Å². The number of hydrogen-bond acceptors (Lipinski definition) is 4. The SMILES string of the molecule is Cc1cc2c3c(ncnn13)N=CO2. The lowest BCUT2D eigenvalue weighted by Crippen LogP contribution is -1.99. The summed E-state index contributed by atoms with van der Waals surface area (Å²) in [5.41, 5.74) is 1.85. The van der Waals surface area contributed by atoms with Crippen LogP contribution in [-0.2, 0) is 0 Å². The summed E-state index contributed by atoms with van der Waals surface area (Å²) in [6.07, 6.45) is 2.88. The van der Waals surface area contributed by atoms with E-state index in [1.54, 1.807) is 4.52 Å². The van der Waals surface area contributed by atoms with Gasteiger partial charge in [-0.2, -0.15) is 10.1 Å². The summed E-state index contributed by atoms with van der Waals surface area (Å²) >= 11 is 0. The molecule has 0 aromatic carbocycles. The van der Waals surface area contributed by atoms with Gasteiger partial charge >= 0.3 is 0 Å². The Kier molecular flexibility index (Phi) is 1.05. The fraction of sp³-hybridized carbons (Fsp3) is 0.125. The number of hydrogen-bond donors (Lipinski definition) is 0. The molecule has 5 heteroatoms. The molecule has 0 saturated carbocycles. The lowest BCUT2D eigenvalue weighted by atomic mass is 10.4. The first-order valence-corrected chi connectivity index (χ1v) is 3.89. The molecule has 0 unspecified atom stereocenters. The van der Waals surface area contributed by atoms with Crippen molar-refractivity contribution in [2.24, 2.45) is 4.99 Å². The molecule has 0 bridgehead atoms. The third-order valence-corrected chi connectivity index (χ3v) is 2.03. The smallest absolute Gasteiger partial charge is 0.186 e. The van der Waals surface area contributed by atoms with Crippen LogP contribution in [0.3, 0.4) is 0 Å². The highest BCUT2D eigenvalue weighted by atomic mass is 16.5. The molecule has 3 heterocycles. The molecule has 1 aliphatic rings. The number of aromatic nitrogens is 3. The normalized spacial score (nSPS) is 13.3. The Labute approximate surface area is 73.7 Å². The van der Waals surface area contributed by atoms with Crippen LogP contribution in [0.5, 0.6) is 5.75 Å². The highest BCUT2D eigenvalue weighted by molar-refractivity contribution is 5.82. The first-order valence-electron chi connectivity index (χ1n) is 3.89. The molecule has 0 spiro atoms. The summed E-state index contributed by atoms with van der Waals surface area (Å²) < 4.78 is 7.00. The van der Waals surface area contributed by atoms with Gasteiger partial charge in [0.2, 0.25) is 0 Å². The Morgan fingerprint density at radius 3 is 3.31 bits per heavy atom. The topological polar surface area (TPSA) is 51.8 Å². The van der Waals surface area contributed by atoms with Gasteiger partial charge in [0, 0.05) is 11.8 Å². The molecule has 2 aromatic heterocycles. The molecular formula is C8H6N4O. The van der Waals surface area contributed by atoms with Gasteiger partial charge < -0.3 is 4.74 Å². The van der Waals surface area contributed by atoms with Gasteiger partial charge in [-0.15, -0.1) is 0 Å². The Balaban J connectivity index is 2.57. The van der Waals surface area contributed by atoms with E-state index in [0.717, 1.165) is 17.0 Å². The molecule has 0 amide bonds. The minimum Gasteiger partial charge on any atom is -0.443 e. The third-order valence-electron chi connectivity index (χ3n) is 2.03. The number of ether oxygens (including phenoxy) is 1. The summed E-state index contributed by atoms with van der Waals surface area (Å²) in [6, 6.07) is 1.92.